The minimum Gasteiger partial charge on any atom is -0.375 e. The molecular weight excluding hydrogens is 345 g/mol. The molecule has 1 aromatic heterocycles. The molecule has 1 atom stereocenters. The van der Waals surface area contributed by atoms with Crippen molar-refractivity contribution in [2.45, 2.75) is 19.6 Å². The lowest BCUT2D eigenvalue weighted by molar-refractivity contribution is 0.00528. The molecule has 7 heteroatoms. The molecule has 1 unspecified atom stereocenters. The van der Waals surface area contributed by atoms with E-state index in [0.29, 0.717) is 19.1 Å². The van der Waals surface area contributed by atoms with Crippen LogP contribution in [0.2, 0.25) is 0 Å². The summed E-state index contributed by atoms with van der Waals surface area (Å²) in [5.41, 5.74) is 5.96. The van der Waals surface area contributed by atoms with Crippen molar-refractivity contribution in [3.63, 3.8) is 0 Å². The fourth-order valence-electron chi connectivity index (χ4n) is 1.83. The van der Waals surface area contributed by atoms with Gasteiger partial charge in [-0.3, -0.25) is 0 Å². The number of rotatable bonds is 2. The summed E-state index contributed by atoms with van der Waals surface area (Å²) in [5.74, 6) is 1.48. The summed E-state index contributed by atoms with van der Waals surface area (Å²) >= 11 is 0. The first-order valence-corrected chi connectivity index (χ1v) is 5.79. The highest BCUT2D eigenvalue weighted by Crippen LogP contribution is 2.04. The first-order valence-electron chi connectivity index (χ1n) is 5.79. The Morgan fingerprint density at radius 2 is 2.44 bits per heavy atom. The molecule has 1 aliphatic heterocycles. The predicted octanol–water partition coefficient (Wildman–Crippen LogP) is 0.573. The Morgan fingerprint density at radius 1 is 1.67 bits per heavy atom. The van der Waals surface area contributed by atoms with Gasteiger partial charge in [-0.05, 0) is 6.92 Å². The quantitative estimate of drug-likeness (QED) is 0.473. The van der Waals surface area contributed by atoms with Crippen LogP contribution in [0.15, 0.2) is 17.4 Å². The lowest BCUT2D eigenvalue weighted by Gasteiger charge is -2.31. The average Bonchev–Trinajstić information content (AvgIpc) is 2.72. The molecule has 0 saturated carbocycles. The molecule has 1 saturated heterocycles. The summed E-state index contributed by atoms with van der Waals surface area (Å²) in [6.07, 6.45) is 3.88. The number of nitrogens with zero attached hydrogens (tertiary/aromatic N) is 4. The summed E-state index contributed by atoms with van der Waals surface area (Å²) in [7, 11) is 1.95. The number of imidazole rings is 1. The third kappa shape index (κ3) is 3.84. The van der Waals surface area contributed by atoms with Gasteiger partial charge in [0.2, 0.25) is 0 Å². The molecule has 0 spiro atoms. The second-order valence-electron chi connectivity index (χ2n) is 4.26. The Hall–Kier alpha value is -0.830. The summed E-state index contributed by atoms with van der Waals surface area (Å²) < 4.78 is 7.40. The Labute approximate surface area is 124 Å². The molecule has 2 heterocycles. The van der Waals surface area contributed by atoms with E-state index in [9.17, 15) is 0 Å². The average molecular weight is 365 g/mol. The number of hydrogen-bond donors (Lipinski definition) is 1. The van der Waals surface area contributed by atoms with Crippen molar-refractivity contribution in [3.8, 4) is 0 Å². The van der Waals surface area contributed by atoms with E-state index in [2.05, 4.69) is 14.9 Å². The highest BCUT2D eigenvalue weighted by molar-refractivity contribution is 14.0. The number of morpholine rings is 1. The monoisotopic (exact) mass is 365 g/mol. The molecule has 1 fully saturated rings. The Kier molecular flexibility index (Phi) is 5.86. The van der Waals surface area contributed by atoms with Gasteiger partial charge in [0.05, 0.1) is 12.7 Å². The maximum absolute atomic E-state index is 5.96. The summed E-state index contributed by atoms with van der Waals surface area (Å²) in [6.45, 7) is 4.87. The zero-order chi connectivity index (χ0) is 12.3. The van der Waals surface area contributed by atoms with Crippen molar-refractivity contribution in [1.29, 1.82) is 0 Å². The molecule has 1 aliphatic rings. The molecule has 0 bridgehead atoms. The van der Waals surface area contributed by atoms with Crippen molar-refractivity contribution >= 4 is 29.9 Å². The van der Waals surface area contributed by atoms with Crippen molar-refractivity contribution in [1.82, 2.24) is 14.5 Å². The van der Waals surface area contributed by atoms with Crippen molar-refractivity contribution in [2.75, 3.05) is 19.7 Å². The summed E-state index contributed by atoms with van der Waals surface area (Å²) in [5, 5.41) is 0. The number of ether oxygens (including phenoxy) is 1. The normalized spacial score (nSPS) is 20.7. The standard InChI is InChI=1S/C11H19N5O.HI/c1-9-8-16(5-6-17-9)11(12)14-7-10-13-3-4-15(10)2;/h3-4,9H,5-8H2,1-2H3,(H2,12,14);1H. The van der Waals surface area contributed by atoms with Crippen molar-refractivity contribution < 1.29 is 4.74 Å². The lowest BCUT2D eigenvalue weighted by atomic mass is 10.3. The van der Waals surface area contributed by atoms with E-state index in [-0.39, 0.29) is 30.1 Å². The molecular formula is C11H20IN5O. The number of halogens is 1. The van der Waals surface area contributed by atoms with Crippen LogP contribution >= 0.6 is 24.0 Å². The predicted molar refractivity (Wildman–Crippen MR) is 80.9 cm³/mol. The number of aromatic nitrogens is 2. The van der Waals surface area contributed by atoms with Crippen LogP contribution in [0.5, 0.6) is 0 Å². The maximum atomic E-state index is 5.96. The van der Waals surface area contributed by atoms with Gasteiger partial charge in [0, 0.05) is 32.5 Å². The van der Waals surface area contributed by atoms with Crippen LogP contribution in [-0.2, 0) is 18.3 Å². The van der Waals surface area contributed by atoms with Crippen LogP contribution < -0.4 is 5.73 Å². The van der Waals surface area contributed by atoms with E-state index in [4.69, 9.17) is 10.5 Å². The van der Waals surface area contributed by atoms with Crippen LogP contribution in [0.4, 0.5) is 0 Å². The Bertz CT molecular complexity index is 406. The smallest absolute Gasteiger partial charge is 0.191 e. The SMILES string of the molecule is CC1CN(C(N)=NCc2nccn2C)CCO1.I. The highest BCUT2D eigenvalue weighted by atomic mass is 127. The molecule has 2 N–H and O–H groups in total. The third-order valence-corrected chi connectivity index (χ3v) is 2.87. The fourth-order valence-corrected chi connectivity index (χ4v) is 1.83. The molecule has 0 radical (unpaired) electrons. The minimum absolute atomic E-state index is 0. The molecule has 6 nitrogen and oxygen atoms in total. The Morgan fingerprint density at radius 3 is 3.06 bits per heavy atom. The number of hydrogen-bond acceptors (Lipinski definition) is 3. The minimum atomic E-state index is 0. The first-order chi connectivity index (χ1) is 8.16. The van der Waals surface area contributed by atoms with Crippen molar-refractivity contribution in [2.24, 2.45) is 17.8 Å². The van der Waals surface area contributed by atoms with Gasteiger partial charge in [-0.2, -0.15) is 0 Å². The van der Waals surface area contributed by atoms with Gasteiger partial charge < -0.3 is 19.9 Å². The number of nitrogens with two attached hydrogens (primary N) is 1. The van der Waals surface area contributed by atoms with Gasteiger partial charge in [-0.15, -0.1) is 24.0 Å². The van der Waals surface area contributed by atoms with Crippen LogP contribution in [0, 0.1) is 0 Å². The third-order valence-electron chi connectivity index (χ3n) is 2.87. The van der Waals surface area contributed by atoms with Gasteiger partial charge in [0.15, 0.2) is 5.96 Å². The van der Waals surface area contributed by atoms with Gasteiger partial charge in [0.25, 0.3) is 0 Å². The second-order valence-corrected chi connectivity index (χ2v) is 4.26. The highest BCUT2D eigenvalue weighted by Gasteiger charge is 2.17. The molecule has 0 aromatic carbocycles. The molecule has 2 rings (SSSR count). The zero-order valence-electron chi connectivity index (χ0n) is 10.7. The van der Waals surface area contributed by atoms with E-state index in [1.54, 1.807) is 6.20 Å². The van der Waals surface area contributed by atoms with Crippen molar-refractivity contribution in [3.05, 3.63) is 18.2 Å². The molecule has 1 aromatic rings. The van der Waals surface area contributed by atoms with Crippen LogP contribution in [0.3, 0.4) is 0 Å². The van der Waals surface area contributed by atoms with Gasteiger partial charge in [-0.1, -0.05) is 0 Å². The molecule has 102 valence electrons. The molecule has 18 heavy (non-hydrogen) atoms. The van der Waals surface area contributed by atoms with Crippen LogP contribution in [0.1, 0.15) is 12.7 Å². The van der Waals surface area contributed by atoms with E-state index in [0.717, 1.165) is 18.9 Å². The number of aryl methyl sites for hydroxylation is 1. The van der Waals surface area contributed by atoms with Crippen LogP contribution in [-0.4, -0.2) is 46.2 Å². The number of aliphatic imine (C=N–C) groups is 1. The van der Waals surface area contributed by atoms with Gasteiger partial charge in [-0.25, -0.2) is 9.98 Å². The summed E-state index contributed by atoms with van der Waals surface area (Å²) in [4.78, 5) is 10.6. The first kappa shape index (κ1) is 15.2. The van der Waals surface area contributed by atoms with Gasteiger partial charge >= 0.3 is 0 Å². The summed E-state index contributed by atoms with van der Waals surface area (Å²) in [6, 6.07) is 0. The largest absolute Gasteiger partial charge is 0.375 e. The van der Waals surface area contributed by atoms with E-state index >= 15 is 0 Å². The van der Waals surface area contributed by atoms with Crippen LogP contribution in [0.25, 0.3) is 0 Å². The second kappa shape index (κ2) is 6.93. The zero-order valence-corrected chi connectivity index (χ0v) is 13.1. The Balaban J connectivity index is 0.00000162. The number of guanidine groups is 1. The van der Waals surface area contributed by atoms with E-state index in [1.807, 2.05) is 24.7 Å². The van der Waals surface area contributed by atoms with Gasteiger partial charge in [0.1, 0.15) is 12.4 Å². The molecule has 0 amide bonds. The topological polar surface area (TPSA) is 68.7 Å². The lowest BCUT2D eigenvalue weighted by Crippen LogP contribution is -2.47. The molecule has 0 aliphatic carbocycles. The maximum Gasteiger partial charge on any atom is 0.191 e. The van der Waals surface area contributed by atoms with E-state index in [1.165, 1.54) is 0 Å². The van der Waals surface area contributed by atoms with E-state index < -0.39 is 0 Å². The fraction of sp³-hybridized carbons (Fsp3) is 0.636.